The van der Waals surface area contributed by atoms with Crippen LogP contribution in [-0.4, -0.2) is 6.29 Å². The van der Waals surface area contributed by atoms with Gasteiger partial charge in [0.15, 0.2) is 0 Å². The fourth-order valence-electron chi connectivity index (χ4n) is 2.74. The first kappa shape index (κ1) is 13.8. The molecular formula is C17H12Br2O. The molecule has 0 saturated carbocycles. The minimum Gasteiger partial charge on any atom is -0.298 e. The number of carbonyl (C=O) groups excluding carboxylic acids is 1. The maximum absolute atomic E-state index is 11.0. The van der Waals surface area contributed by atoms with E-state index in [0.29, 0.717) is 0 Å². The highest BCUT2D eigenvalue weighted by atomic mass is 79.9. The Labute approximate surface area is 134 Å². The van der Waals surface area contributed by atoms with Crippen molar-refractivity contribution in [3.05, 3.63) is 59.2 Å². The minimum atomic E-state index is 0.718. The summed E-state index contributed by atoms with van der Waals surface area (Å²) in [7, 11) is 0. The van der Waals surface area contributed by atoms with Crippen molar-refractivity contribution in [2.24, 2.45) is 0 Å². The topological polar surface area (TPSA) is 17.1 Å². The Bertz CT molecular complexity index is 809. The fraction of sp³-hybridized carbons (Fsp3) is 0.118. The Morgan fingerprint density at radius 1 is 0.800 bits per heavy atom. The van der Waals surface area contributed by atoms with Gasteiger partial charge in [0.1, 0.15) is 6.29 Å². The van der Waals surface area contributed by atoms with Crippen LogP contribution >= 0.6 is 31.9 Å². The predicted octanol–water partition coefficient (Wildman–Crippen LogP) is 5.60. The van der Waals surface area contributed by atoms with E-state index in [1.165, 1.54) is 27.3 Å². The molecule has 3 aromatic rings. The van der Waals surface area contributed by atoms with Crippen molar-refractivity contribution in [2.45, 2.75) is 10.7 Å². The van der Waals surface area contributed by atoms with Gasteiger partial charge < -0.3 is 0 Å². The van der Waals surface area contributed by atoms with Gasteiger partial charge in [-0.25, -0.2) is 0 Å². The minimum absolute atomic E-state index is 0.718. The Morgan fingerprint density at radius 2 is 1.35 bits per heavy atom. The second-order valence-corrected chi connectivity index (χ2v) is 5.81. The molecule has 0 amide bonds. The summed E-state index contributed by atoms with van der Waals surface area (Å²) in [5.74, 6) is 0. The van der Waals surface area contributed by atoms with Gasteiger partial charge >= 0.3 is 0 Å². The number of rotatable bonds is 3. The number of hydrogen-bond donors (Lipinski definition) is 0. The molecule has 1 nitrogen and oxygen atoms in total. The normalized spacial score (nSPS) is 11.1. The zero-order valence-corrected chi connectivity index (χ0v) is 13.9. The maximum atomic E-state index is 11.0. The molecule has 3 aromatic carbocycles. The molecule has 0 aliphatic heterocycles. The van der Waals surface area contributed by atoms with Crippen molar-refractivity contribution in [2.75, 3.05) is 0 Å². The van der Waals surface area contributed by atoms with E-state index in [2.05, 4.69) is 56.1 Å². The number of aldehydes is 1. The average Bonchev–Trinajstić information content (AvgIpc) is 2.51. The standard InChI is InChI=1S/C17H12Br2O/c18-8-16-12-3-1-2-4-13(12)17(9-19)15-7-11(10-20)5-6-14(15)16/h1-7,10H,8-9H2. The Kier molecular flexibility index (Phi) is 3.90. The molecule has 0 aliphatic rings. The summed E-state index contributed by atoms with van der Waals surface area (Å²) in [5, 5.41) is 6.45. The van der Waals surface area contributed by atoms with Gasteiger partial charge in [-0.05, 0) is 38.7 Å². The van der Waals surface area contributed by atoms with Gasteiger partial charge in [-0.15, -0.1) is 0 Å². The molecule has 0 radical (unpaired) electrons. The number of benzene rings is 3. The average molecular weight is 392 g/mol. The number of fused-ring (bicyclic) bond motifs is 2. The van der Waals surface area contributed by atoms with Crippen molar-refractivity contribution in [3.8, 4) is 0 Å². The van der Waals surface area contributed by atoms with Crippen LogP contribution in [0.5, 0.6) is 0 Å². The second-order valence-electron chi connectivity index (χ2n) is 4.69. The van der Waals surface area contributed by atoms with Crippen molar-refractivity contribution in [1.82, 2.24) is 0 Å². The van der Waals surface area contributed by atoms with Crippen LogP contribution in [-0.2, 0) is 10.7 Å². The number of hydrogen-bond acceptors (Lipinski definition) is 1. The van der Waals surface area contributed by atoms with E-state index in [1.54, 1.807) is 0 Å². The molecule has 3 rings (SSSR count). The summed E-state index contributed by atoms with van der Waals surface area (Å²) in [6, 6.07) is 14.3. The summed E-state index contributed by atoms with van der Waals surface area (Å²) in [5.41, 5.74) is 3.23. The SMILES string of the molecule is O=Cc1ccc2c(CBr)c3ccccc3c(CBr)c2c1. The van der Waals surface area contributed by atoms with Crippen molar-refractivity contribution < 1.29 is 4.79 Å². The Morgan fingerprint density at radius 3 is 1.90 bits per heavy atom. The lowest BCUT2D eigenvalue weighted by atomic mass is 9.92. The molecule has 0 aromatic heterocycles. The Balaban J connectivity index is 2.57. The van der Waals surface area contributed by atoms with E-state index in [4.69, 9.17) is 0 Å². The molecule has 3 heteroatoms. The quantitative estimate of drug-likeness (QED) is 0.323. The number of alkyl halides is 2. The molecule has 0 unspecified atom stereocenters. The molecule has 0 saturated heterocycles. The van der Waals surface area contributed by atoms with Crippen LogP contribution in [0.15, 0.2) is 42.5 Å². The molecule has 0 bridgehead atoms. The lowest BCUT2D eigenvalue weighted by Crippen LogP contribution is -1.93. The van der Waals surface area contributed by atoms with Crippen LogP contribution in [0.2, 0.25) is 0 Å². The van der Waals surface area contributed by atoms with Gasteiger partial charge in [-0.1, -0.05) is 68.3 Å². The molecule has 0 atom stereocenters. The van der Waals surface area contributed by atoms with Gasteiger partial charge in [-0.3, -0.25) is 4.79 Å². The van der Waals surface area contributed by atoms with Crippen molar-refractivity contribution in [1.29, 1.82) is 0 Å². The highest BCUT2D eigenvalue weighted by Gasteiger charge is 2.12. The first-order valence-electron chi connectivity index (χ1n) is 6.33. The first-order valence-corrected chi connectivity index (χ1v) is 8.57. The van der Waals surface area contributed by atoms with E-state index in [-0.39, 0.29) is 0 Å². The molecule has 0 N–H and O–H groups in total. The zero-order valence-electron chi connectivity index (χ0n) is 10.7. The molecule has 0 heterocycles. The molecule has 100 valence electrons. The maximum Gasteiger partial charge on any atom is 0.150 e. The molecule has 0 aliphatic carbocycles. The van der Waals surface area contributed by atoms with Crippen LogP contribution in [0.25, 0.3) is 21.5 Å². The highest BCUT2D eigenvalue weighted by molar-refractivity contribution is 9.08. The monoisotopic (exact) mass is 390 g/mol. The third-order valence-electron chi connectivity index (χ3n) is 3.67. The Hall–Kier alpha value is -1.19. The number of carbonyl (C=O) groups is 1. The van der Waals surface area contributed by atoms with E-state index in [9.17, 15) is 4.79 Å². The largest absolute Gasteiger partial charge is 0.298 e. The molecule has 20 heavy (non-hydrogen) atoms. The van der Waals surface area contributed by atoms with E-state index < -0.39 is 0 Å². The van der Waals surface area contributed by atoms with Gasteiger partial charge in [0.25, 0.3) is 0 Å². The molecule has 0 fully saturated rings. The fourth-order valence-corrected chi connectivity index (χ4v) is 3.94. The van der Waals surface area contributed by atoms with Crippen LogP contribution in [0, 0.1) is 0 Å². The summed E-state index contributed by atoms with van der Waals surface area (Å²) in [6.07, 6.45) is 0.903. The smallest absolute Gasteiger partial charge is 0.150 e. The number of halogens is 2. The van der Waals surface area contributed by atoms with Gasteiger partial charge in [0.2, 0.25) is 0 Å². The van der Waals surface area contributed by atoms with Crippen molar-refractivity contribution >= 4 is 59.7 Å². The third kappa shape index (κ3) is 2.09. The van der Waals surface area contributed by atoms with Crippen LogP contribution in [0.1, 0.15) is 21.5 Å². The highest BCUT2D eigenvalue weighted by Crippen LogP contribution is 2.35. The van der Waals surface area contributed by atoms with Crippen LogP contribution in [0.3, 0.4) is 0 Å². The van der Waals surface area contributed by atoms with E-state index >= 15 is 0 Å². The molecule has 0 spiro atoms. The second kappa shape index (κ2) is 5.66. The third-order valence-corrected chi connectivity index (χ3v) is 4.80. The van der Waals surface area contributed by atoms with Gasteiger partial charge in [0, 0.05) is 16.2 Å². The summed E-state index contributed by atoms with van der Waals surface area (Å²) in [6.45, 7) is 0. The zero-order chi connectivity index (χ0) is 14.1. The van der Waals surface area contributed by atoms with Crippen molar-refractivity contribution in [3.63, 3.8) is 0 Å². The predicted molar refractivity (Wildman–Crippen MR) is 92.1 cm³/mol. The van der Waals surface area contributed by atoms with Gasteiger partial charge in [0.05, 0.1) is 0 Å². The van der Waals surface area contributed by atoms with Crippen LogP contribution < -0.4 is 0 Å². The lowest BCUT2D eigenvalue weighted by Gasteiger charge is -2.14. The lowest BCUT2D eigenvalue weighted by molar-refractivity contribution is 0.112. The molecular weight excluding hydrogens is 380 g/mol. The van der Waals surface area contributed by atoms with Crippen LogP contribution in [0.4, 0.5) is 0 Å². The summed E-state index contributed by atoms with van der Waals surface area (Å²) < 4.78 is 0. The van der Waals surface area contributed by atoms with E-state index in [1.807, 2.05) is 18.2 Å². The van der Waals surface area contributed by atoms with E-state index in [0.717, 1.165) is 27.9 Å². The summed E-state index contributed by atoms with van der Waals surface area (Å²) in [4.78, 5) is 11.0. The first-order chi connectivity index (χ1) is 9.80. The summed E-state index contributed by atoms with van der Waals surface area (Å²) >= 11 is 7.19. The van der Waals surface area contributed by atoms with Gasteiger partial charge in [-0.2, -0.15) is 0 Å².